The molecule has 2 aliphatic rings. The first-order chi connectivity index (χ1) is 12.4. The van der Waals surface area contributed by atoms with Gasteiger partial charge in [0.05, 0.1) is 0 Å². The van der Waals surface area contributed by atoms with E-state index in [4.69, 9.17) is 5.73 Å². The first kappa shape index (κ1) is 18.7. The summed E-state index contributed by atoms with van der Waals surface area (Å²) < 4.78 is 0. The van der Waals surface area contributed by atoms with Gasteiger partial charge in [0, 0.05) is 11.5 Å². The Morgan fingerprint density at radius 2 is 1.88 bits per heavy atom. The minimum Gasteiger partial charge on any atom is -0.324 e. The van der Waals surface area contributed by atoms with Gasteiger partial charge in [0.1, 0.15) is 0 Å². The molecule has 3 atom stereocenters. The second-order valence-corrected chi connectivity index (χ2v) is 8.23. The van der Waals surface area contributed by atoms with Crippen LogP contribution >= 0.6 is 0 Å². The van der Waals surface area contributed by atoms with Crippen LogP contribution in [0.3, 0.4) is 0 Å². The van der Waals surface area contributed by atoms with Crippen LogP contribution in [-0.4, -0.2) is 6.04 Å². The molecule has 1 aromatic rings. The van der Waals surface area contributed by atoms with Crippen LogP contribution in [-0.2, 0) is 0 Å². The van der Waals surface area contributed by atoms with E-state index in [0.717, 1.165) is 0 Å². The summed E-state index contributed by atoms with van der Waals surface area (Å²) in [6, 6.07) is 6.86. The standard InChI is InChI=1S/C25H31N/c1-6-8-19-9-10-20(15-18(19)7-2)23-16-24(23)22-12-14-25(4,5)13-11-21(22)17(3)26/h6-15,17,23-24H,2,16,26H2,1,3-5H3/b8-6-. The maximum atomic E-state index is 6.30. The van der Waals surface area contributed by atoms with Crippen LogP contribution in [0.25, 0.3) is 12.2 Å². The van der Waals surface area contributed by atoms with Crippen LogP contribution < -0.4 is 5.73 Å². The number of rotatable bonds is 5. The number of hydrogen-bond donors (Lipinski definition) is 1. The van der Waals surface area contributed by atoms with Gasteiger partial charge in [-0.3, -0.25) is 0 Å². The van der Waals surface area contributed by atoms with Gasteiger partial charge < -0.3 is 5.73 Å². The van der Waals surface area contributed by atoms with Gasteiger partial charge in [-0.2, -0.15) is 0 Å². The lowest BCUT2D eigenvalue weighted by Crippen LogP contribution is -2.18. The van der Waals surface area contributed by atoms with Crippen LogP contribution in [0.1, 0.15) is 56.7 Å². The van der Waals surface area contributed by atoms with Crippen LogP contribution in [0.4, 0.5) is 0 Å². The first-order valence-electron chi connectivity index (χ1n) is 9.63. The smallest absolute Gasteiger partial charge is 0.0268 e. The van der Waals surface area contributed by atoms with Crippen LogP contribution in [0.5, 0.6) is 0 Å². The number of benzene rings is 1. The summed E-state index contributed by atoms with van der Waals surface area (Å²) in [5.41, 5.74) is 12.9. The van der Waals surface area contributed by atoms with Gasteiger partial charge in [-0.1, -0.05) is 81.2 Å². The maximum Gasteiger partial charge on any atom is 0.0268 e. The monoisotopic (exact) mass is 345 g/mol. The van der Waals surface area contributed by atoms with Gasteiger partial charge in [0.15, 0.2) is 0 Å². The lowest BCUT2D eigenvalue weighted by Gasteiger charge is -2.13. The van der Waals surface area contributed by atoms with Gasteiger partial charge >= 0.3 is 0 Å². The molecule has 0 saturated heterocycles. The summed E-state index contributed by atoms with van der Waals surface area (Å²) in [7, 11) is 0. The molecule has 1 nitrogen and oxygen atoms in total. The first-order valence-corrected chi connectivity index (χ1v) is 9.63. The van der Waals surface area contributed by atoms with E-state index in [1.165, 1.54) is 34.3 Å². The zero-order valence-corrected chi connectivity index (χ0v) is 16.5. The van der Waals surface area contributed by atoms with Crippen molar-refractivity contribution in [2.24, 2.45) is 17.1 Å². The molecule has 2 N–H and O–H groups in total. The van der Waals surface area contributed by atoms with E-state index in [0.29, 0.717) is 11.8 Å². The van der Waals surface area contributed by atoms with E-state index < -0.39 is 0 Å². The van der Waals surface area contributed by atoms with E-state index in [1.54, 1.807) is 0 Å². The molecule has 3 unspecified atom stereocenters. The summed E-state index contributed by atoms with van der Waals surface area (Å²) in [6.07, 6.45) is 16.5. The molecule has 0 spiro atoms. The van der Waals surface area contributed by atoms with Crippen molar-refractivity contribution in [2.75, 3.05) is 0 Å². The van der Waals surface area contributed by atoms with Gasteiger partial charge in [-0.05, 0) is 59.9 Å². The second-order valence-electron chi connectivity index (χ2n) is 8.23. The van der Waals surface area contributed by atoms with Crippen LogP contribution in [0.2, 0.25) is 0 Å². The lowest BCUT2D eigenvalue weighted by atomic mass is 9.93. The van der Waals surface area contributed by atoms with Crippen molar-refractivity contribution >= 4 is 12.2 Å². The molecule has 0 aliphatic heterocycles. The van der Waals surface area contributed by atoms with Gasteiger partial charge in [-0.15, -0.1) is 0 Å². The minimum atomic E-state index is 0.0573. The van der Waals surface area contributed by atoms with E-state index in [1.807, 2.05) is 13.0 Å². The number of allylic oxidation sites excluding steroid dienone is 5. The zero-order valence-electron chi connectivity index (χ0n) is 16.5. The average Bonchev–Trinajstić information content (AvgIpc) is 3.39. The molecule has 0 bridgehead atoms. The quantitative estimate of drug-likeness (QED) is 0.669. The predicted octanol–water partition coefficient (Wildman–Crippen LogP) is 6.26. The summed E-state index contributed by atoms with van der Waals surface area (Å²) in [5.74, 6) is 1.15. The summed E-state index contributed by atoms with van der Waals surface area (Å²) in [4.78, 5) is 0. The fourth-order valence-electron chi connectivity index (χ4n) is 3.85. The molecule has 0 heterocycles. The van der Waals surface area contributed by atoms with Gasteiger partial charge in [0.25, 0.3) is 0 Å². The van der Waals surface area contributed by atoms with E-state index in [9.17, 15) is 0 Å². The SMILES string of the molecule is C=Cc1cc(C2CC2C2=C(C(C)N)C=CC(C)(C)C=C2)ccc1/C=C\C. The minimum absolute atomic E-state index is 0.0573. The molecule has 0 aromatic heterocycles. The van der Waals surface area contributed by atoms with Crippen molar-refractivity contribution in [2.45, 2.75) is 46.1 Å². The van der Waals surface area contributed by atoms with Crippen molar-refractivity contribution < 1.29 is 0 Å². The molecule has 26 heavy (non-hydrogen) atoms. The van der Waals surface area contributed by atoms with E-state index in [-0.39, 0.29) is 11.5 Å². The van der Waals surface area contributed by atoms with Crippen molar-refractivity contribution in [3.63, 3.8) is 0 Å². The fraction of sp³-hybridized carbons (Fsp3) is 0.360. The number of nitrogens with two attached hydrogens (primary N) is 1. The third-order valence-corrected chi connectivity index (χ3v) is 5.50. The summed E-state index contributed by atoms with van der Waals surface area (Å²) in [5, 5.41) is 0. The van der Waals surface area contributed by atoms with Crippen LogP contribution in [0, 0.1) is 11.3 Å². The second kappa shape index (κ2) is 7.25. The molecule has 1 aromatic carbocycles. The molecule has 0 amide bonds. The Balaban J connectivity index is 1.91. The molecule has 3 rings (SSSR count). The zero-order chi connectivity index (χ0) is 18.9. The van der Waals surface area contributed by atoms with Crippen molar-refractivity contribution in [1.29, 1.82) is 0 Å². The summed E-state index contributed by atoms with van der Waals surface area (Å²) in [6.45, 7) is 12.6. The molecule has 136 valence electrons. The third-order valence-electron chi connectivity index (χ3n) is 5.50. The van der Waals surface area contributed by atoms with Crippen molar-refractivity contribution in [3.8, 4) is 0 Å². The van der Waals surface area contributed by atoms with Gasteiger partial charge in [0.2, 0.25) is 0 Å². The molecule has 2 aliphatic carbocycles. The highest BCUT2D eigenvalue weighted by atomic mass is 14.6. The van der Waals surface area contributed by atoms with E-state index in [2.05, 4.69) is 82.0 Å². The summed E-state index contributed by atoms with van der Waals surface area (Å²) >= 11 is 0. The molecular formula is C25H31N. The molecule has 1 saturated carbocycles. The molecule has 1 heteroatoms. The van der Waals surface area contributed by atoms with Gasteiger partial charge in [-0.25, -0.2) is 0 Å². The maximum absolute atomic E-state index is 6.30. The Hall–Kier alpha value is -2.12. The van der Waals surface area contributed by atoms with Crippen molar-refractivity contribution in [3.05, 3.63) is 83.0 Å². The Morgan fingerprint density at radius 1 is 1.15 bits per heavy atom. The third kappa shape index (κ3) is 3.83. The molecular weight excluding hydrogens is 314 g/mol. The lowest BCUT2D eigenvalue weighted by molar-refractivity contribution is 0.626. The highest BCUT2D eigenvalue weighted by Crippen LogP contribution is 2.54. The topological polar surface area (TPSA) is 26.0 Å². The van der Waals surface area contributed by atoms with E-state index >= 15 is 0 Å². The average molecular weight is 346 g/mol. The highest BCUT2D eigenvalue weighted by Gasteiger charge is 2.41. The Morgan fingerprint density at radius 3 is 2.54 bits per heavy atom. The fourth-order valence-corrected chi connectivity index (χ4v) is 3.85. The van der Waals surface area contributed by atoms with Crippen LogP contribution in [0.15, 0.2) is 66.3 Å². The Labute approximate surface area is 158 Å². The number of hydrogen-bond acceptors (Lipinski definition) is 1. The predicted molar refractivity (Wildman–Crippen MR) is 115 cm³/mol. The highest BCUT2D eigenvalue weighted by molar-refractivity contribution is 5.65. The molecule has 0 radical (unpaired) electrons. The Kier molecular flexibility index (Phi) is 5.20. The normalized spacial score (nSPS) is 25.4. The Bertz CT molecular complexity index is 815. The molecule has 1 fully saturated rings. The largest absolute Gasteiger partial charge is 0.324 e. The van der Waals surface area contributed by atoms with Crippen molar-refractivity contribution in [1.82, 2.24) is 0 Å².